The van der Waals surface area contributed by atoms with E-state index in [-0.39, 0.29) is 0 Å². The predicted molar refractivity (Wildman–Crippen MR) is 101 cm³/mol. The molecular formula is C20H33N3O. The third-order valence-electron chi connectivity index (χ3n) is 3.92. The minimum absolute atomic E-state index is 0.600. The summed E-state index contributed by atoms with van der Waals surface area (Å²) in [4.78, 5) is 0. The Labute approximate surface area is 147 Å². The molecule has 1 aromatic rings. The summed E-state index contributed by atoms with van der Waals surface area (Å²) in [5, 5.41) is 18.0. The van der Waals surface area contributed by atoms with Crippen LogP contribution in [0.3, 0.4) is 0 Å². The Hall–Kier alpha value is -1.68. The van der Waals surface area contributed by atoms with Gasteiger partial charge in [-0.2, -0.15) is 0 Å². The molecule has 134 valence electrons. The molecule has 0 saturated heterocycles. The summed E-state index contributed by atoms with van der Waals surface area (Å²) < 4.78 is 1.76. The summed E-state index contributed by atoms with van der Waals surface area (Å²) in [7, 11) is 0. The summed E-state index contributed by atoms with van der Waals surface area (Å²) in [6, 6.07) is 0. The summed E-state index contributed by atoms with van der Waals surface area (Å²) in [5.74, 6) is 0. The van der Waals surface area contributed by atoms with E-state index in [4.69, 9.17) is 0 Å². The van der Waals surface area contributed by atoms with Crippen LogP contribution in [0.15, 0.2) is 41.1 Å². The Morgan fingerprint density at radius 2 is 1.62 bits per heavy atom. The molecule has 0 fully saturated rings. The molecule has 0 spiro atoms. The lowest BCUT2D eigenvalue weighted by Gasteiger charge is -2.11. The monoisotopic (exact) mass is 331 g/mol. The Morgan fingerprint density at radius 3 is 2.17 bits per heavy atom. The van der Waals surface area contributed by atoms with Gasteiger partial charge in [0.2, 0.25) is 0 Å². The second-order valence-electron chi connectivity index (χ2n) is 7.34. The highest BCUT2D eigenvalue weighted by molar-refractivity contribution is 5.06. The first-order chi connectivity index (χ1) is 11.2. The van der Waals surface area contributed by atoms with Crippen LogP contribution in [0.2, 0.25) is 0 Å². The highest BCUT2D eigenvalue weighted by atomic mass is 16.3. The van der Waals surface area contributed by atoms with Gasteiger partial charge in [-0.25, -0.2) is 4.68 Å². The largest absolute Gasteiger partial charge is 0.384 e. The van der Waals surface area contributed by atoms with Crippen LogP contribution in [0.1, 0.15) is 72.9 Å². The third kappa shape index (κ3) is 8.25. The maximum Gasteiger partial charge on any atom is 0.114 e. The van der Waals surface area contributed by atoms with Gasteiger partial charge in [-0.15, -0.1) is 5.10 Å². The third-order valence-corrected chi connectivity index (χ3v) is 3.92. The van der Waals surface area contributed by atoms with Gasteiger partial charge in [0.15, 0.2) is 0 Å². The van der Waals surface area contributed by atoms with E-state index >= 15 is 0 Å². The summed E-state index contributed by atoms with van der Waals surface area (Å²) in [6.07, 6.45) is 13.0. The normalized spacial score (nSPS) is 13.3. The van der Waals surface area contributed by atoms with Gasteiger partial charge < -0.3 is 5.11 Å². The van der Waals surface area contributed by atoms with Crippen molar-refractivity contribution in [2.24, 2.45) is 0 Å². The van der Waals surface area contributed by atoms with E-state index in [0.29, 0.717) is 12.2 Å². The fraction of sp³-hybridized carbons (Fsp3) is 0.600. The van der Waals surface area contributed by atoms with Crippen molar-refractivity contribution in [3.63, 3.8) is 0 Å². The lowest BCUT2D eigenvalue weighted by Crippen LogP contribution is -2.15. The number of hydrogen-bond acceptors (Lipinski definition) is 3. The van der Waals surface area contributed by atoms with Crippen LogP contribution in [-0.2, 0) is 12.1 Å². The Morgan fingerprint density at radius 1 is 1.04 bits per heavy atom. The second-order valence-corrected chi connectivity index (χ2v) is 7.34. The van der Waals surface area contributed by atoms with E-state index in [1.54, 1.807) is 24.7 Å². The maximum absolute atomic E-state index is 9.90. The quantitative estimate of drug-likeness (QED) is 0.653. The van der Waals surface area contributed by atoms with Crippen molar-refractivity contribution < 1.29 is 5.11 Å². The first-order valence-corrected chi connectivity index (χ1v) is 8.76. The molecule has 0 unspecified atom stereocenters. The van der Waals surface area contributed by atoms with Crippen LogP contribution in [-0.4, -0.2) is 20.1 Å². The molecule has 1 aromatic heterocycles. The van der Waals surface area contributed by atoms with Crippen LogP contribution in [0.25, 0.3) is 0 Å². The number of aliphatic hydroxyl groups is 1. The van der Waals surface area contributed by atoms with Crippen LogP contribution < -0.4 is 0 Å². The highest BCUT2D eigenvalue weighted by Gasteiger charge is 2.19. The number of hydrogen-bond donors (Lipinski definition) is 1. The van der Waals surface area contributed by atoms with E-state index in [2.05, 4.69) is 56.2 Å². The topological polar surface area (TPSA) is 50.9 Å². The number of rotatable bonds is 9. The van der Waals surface area contributed by atoms with Gasteiger partial charge in [-0.05, 0) is 67.2 Å². The molecule has 4 heteroatoms. The SMILES string of the molecule is CC(C)=CCC/C(C)=C/CC/C(C)=C/Cn1cc(C(C)(C)O)nn1. The van der Waals surface area contributed by atoms with Crippen molar-refractivity contribution in [3.05, 3.63) is 46.8 Å². The average molecular weight is 332 g/mol. The molecule has 1 heterocycles. The molecule has 0 bridgehead atoms. The number of aromatic nitrogens is 3. The van der Waals surface area contributed by atoms with Crippen LogP contribution in [0.5, 0.6) is 0 Å². The van der Waals surface area contributed by atoms with Crippen LogP contribution in [0.4, 0.5) is 0 Å². The molecule has 0 aromatic carbocycles. The van der Waals surface area contributed by atoms with Crippen molar-refractivity contribution >= 4 is 0 Å². The van der Waals surface area contributed by atoms with Crippen LogP contribution in [0, 0.1) is 0 Å². The first kappa shape index (κ1) is 20.4. The highest BCUT2D eigenvalue weighted by Crippen LogP contribution is 2.16. The van der Waals surface area contributed by atoms with Crippen LogP contribution >= 0.6 is 0 Å². The molecule has 0 saturated carbocycles. The Balaban J connectivity index is 2.39. The number of nitrogens with zero attached hydrogens (tertiary/aromatic N) is 3. The van der Waals surface area contributed by atoms with Gasteiger partial charge in [0.05, 0.1) is 12.7 Å². The van der Waals surface area contributed by atoms with Crippen molar-refractivity contribution in [3.8, 4) is 0 Å². The van der Waals surface area contributed by atoms with Gasteiger partial charge in [-0.3, -0.25) is 0 Å². The minimum Gasteiger partial charge on any atom is -0.384 e. The van der Waals surface area contributed by atoms with Gasteiger partial charge in [0.25, 0.3) is 0 Å². The molecule has 0 amide bonds. The van der Waals surface area contributed by atoms with Crippen molar-refractivity contribution in [2.75, 3.05) is 0 Å². The molecule has 1 rings (SSSR count). The molecule has 0 aliphatic carbocycles. The maximum atomic E-state index is 9.90. The molecule has 0 atom stereocenters. The molecule has 4 nitrogen and oxygen atoms in total. The standard InChI is InChI=1S/C20H33N3O/c1-16(2)9-7-10-17(3)11-8-12-18(4)13-14-23-15-19(21-22-23)20(5,6)24/h9,11,13,15,24H,7-8,10,12,14H2,1-6H3/b17-11+,18-13+. The summed E-state index contributed by atoms with van der Waals surface area (Å²) in [5.41, 5.74) is 3.87. The van der Waals surface area contributed by atoms with E-state index in [9.17, 15) is 5.11 Å². The lowest BCUT2D eigenvalue weighted by atomic mass is 10.1. The zero-order chi connectivity index (χ0) is 18.2. The first-order valence-electron chi connectivity index (χ1n) is 8.76. The zero-order valence-corrected chi connectivity index (χ0v) is 16.1. The fourth-order valence-corrected chi connectivity index (χ4v) is 2.26. The van der Waals surface area contributed by atoms with E-state index in [0.717, 1.165) is 25.7 Å². The zero-order valence-electron chi connectivity index (χ0n) is 16.1. The average Bonchev–Trinajstić information content (AvgIpc) is 2.93. The summed E-state index contributed by atoms with van der Waals surface area (Å²) in [6.45, 7) is 12.8. The molecule has 0 aliphatic heterocycles. The van der Waals surface area contributed by atoms with Crippen molar-refractivity contribution in [2.45, 2.75) is 79.4 Å². The predicted octanol–water partition coefficient (Wildman–Crippen LogP) is 4.92. The molecule has 24 heavy (non-hydrogen) atoms. The Kier molecular flexibility index (Phi) is 8.13. The molecule has 0 aliphatic rings. The van der Waals surface area contributed by atoms with Gasteiger partial charge in [0.1, 0.15) is 11.3 Å². The van der Waals surface area contributed by atoms with Gasteiger partial charge in [-0.1, -0.05) is 40.2 Å². The Bertz CT molecular complexity index is 597. The van der Waals surface area contributed by atoms with Gasteiger partial charge in [0, 0.05) is 0 Å². The number of allylic oxidation sites excluding steroid dienone is 6. The van der Waals surface area contributed by atoms with Gasteiger partial charge >= 0.3 is 0 Å². The molecule has 1 N–H and O–H groups in total. The smallest absolute Gasteiger partial charge is 0.114 e. The lowest BCUT2D eigenvalue weighted by molar-refractivity contribution is 0.0737. The van der Waals surface area contributed by atoms with Crippen molar-refractivity contribution in [1.82, 2.24) is 15.0 Å². The van der Waals surface area contributed by atoms with Crippen molar-refractivity contribution in [1.29, 1.82) is 0 Å². The second kappa shape index (κ2) is 9.58. The van der Waals surface area contributed by atoms with E-state index < -0.39 is 5.60 Å². The minimum atomic E-state index is -0.940. The molecule has 0 radical (unpaired) electrons. The molecular weight excluding hydrogens is 298 g/mol. The summed E-state index contributed by atoms with van der Waals surface area (Å²) >= 11 is 0. The van der Waals surface area contributed by atoms with E-state index in [1.807, 2.05) is 0 Å². The van der Waals surface area contributed by atoms with E-state index in [1.165, 1.54) is 16.7 Å². The fourth-order valence-electron chi connectivity index (χ4n) is 2.26.